The van der Waals surface area contributed by atoms with E-state index in [0.29, 0.717) is 15.6 Å². The molecule has 0 aliphatic rings. The molecule has 26 heavy (non-hydrogen) atoms. The van der Waals surface area contributed by atoms with Crippen LogP contribution in [0.4, 0.5) is 4.79 Å². The molecule has 0 saturated heterocycles. The Labute approximate surface area is 166 Å². The maximum absolute atomic E-state index is 12.2. The minimum Gasteiger partial charge on any atom is -0.352 e. The van der Waals surface area contributed by atoms with Crippen LogP contribution in [0.5, 0.6) is 0 Å². The average molecular weight is 484 g/mol. The molecule has 7 nitrogen and oxygen atoms in total. The van der Waals surface area contributed by atoms with Crippen LogP contribution in [0.25, 0.3) is 0 Å². The number of amides is 4. The minimum atomic E-state index is -0.750. The van der Waals surface area contributed by atoms with E-state index in [0.717, 1.165) is 4.47 Å². The van der Waals surface area contributed by atoms with Gasteiger partial charge in [0.15, 0.2) is 0 Å². The molecule has 4 amide bonds. The van der Waals surface area contributed by atoms with Gasteiger partial charge in [0.1, 0.15) is 0 Å². The van der Waals surface area contributed by atoms with Crippen molar-refractivity contribution in [2.75, 3.05) is 0 Å². The van der Waals surface area contributed by atoms with E-state index in [9.17, 15) is 14.4 Å². The summed E-state index contributed by atoms with van der Waals surface area (Å²) in [4.78, 5) is 35.5. The van der Waals surface area contributed by atoms with Crippen molar-refractivity contribution in [1.82, 2.24) is 16.2 Å². The van der Waals surface area contributed by atoms with E-state index >= 15 is 0 Å². The van der Waals surface area contributed by atoms with Gasteiger partial charge in [0.2, 0.25) is 5.91 Å². The number of benzene rings is 2. The Morgan fingerprint density at radius 2 is 1.73 bits per heavy atom. The van der Waals surface area contributed by atoms with Crippen LogP contribution in [-0.2, 0) is 4.79 Å². The van der Waals surface area contributed by atoms with Gasteiger partial charge in [-0.3, -0.25) is 20.4 Å². The fourth-order valence-corrected chi connectivity index (χ4v) is 3.10. The van der Waals surface area contributed by atoms with E-state index in [-0.39, 0.29) is 6.42 Å². The number of hydrogen-bond acceptors (Lipinski definition) is 3. The molecule has 5 N–H and O–H groups in total. The van der Waals surface area contributed by atoms with Gasteiger partial charge in [0, 0.05) is 8.95 Å². The number of rotatable bonds is 5. The summed E-state index contributed by atoms with van der Waals surface area (Å²) in [7, 11) is 0. The summed E-state index contributed by atoms with van der Waals surface area (Å²) in [5.74, 6) is -0.947. The van der Waals surface area contributed by atoms with Crippen LogP contribution >= 0.6 is 31.9 Å². The van der Waals surface area contributed by atoms with Crippen molar-refractivity contribution >= 4 is 49.7 Å². The predicted octanol–water partition coefficient (Wildman–Crippen LogP) is 2.77. The maximum atomic E-state index is 12.2. The van der Waals surface area contributed by atoms with Crippen molar-refractivity contribution in [2.45, 2.75) is 12.5 Å². The highest BCUT2D eigenvalue weighted by atomic mass is 79.9. The molecule has 0 aliphatic carbocycles. The zero-order valence-electron chi connectivity index (χ0n) is 13.5. The second-order valence-electron chi connectivity index (χ2n) is 5.30. The highest BCUT2D eigenvalue weighted by Crippen LogP contribution is 2.21. The summed E-state index contributed by atoms with van der Waals surface area (Å²) >= 11 is 6.61. The Balaban J connectivity index is 2.00. The standard InChI is InChI=1S/C17H16Br2N4O3/c18-11-5-3-4-10(8-11)14(21-17(20)26)9-15(24)22-23-16(25)12-6-1-2-7-13(12)19/h1-8,14H,9H2,(H,22,24)(H,23,25)(H3,20,21,26)/t14-/m0/s1. The number of halogens is 2. The number of hydrazine groups is 1. The first-order chi connectivity index (χ1) is 12.4. The van der Waals surface area contributed by atoms with Gasteiger partial charge in [-0.25, -0.2) is 4.79 Å². The number of nitrogens with two attached hydrogens (primary N) is 1. The Kier molecular flexibility index (Phi) is 7.16. The summed E-state index contributed by atoms with van der Waals surface area (Å²) in [5.41, 5.74) is 10.9. The van der Waals surface area contributed by atoms with Gasteiger partial charge >= 0.3 is 6.03 Å². The van der Waals surface area contributed by atoms with Gasteiger partial charge in [-0.05, 0) is 45.8 Å². The lowest BCUT2D eigenvalue weighted by atomic mass is 10.0. The van der Waals surface area contributed by atoms with Crippen LogP contribution in [0.1, 0.15) is 28.4 Å². The van der Waals surface area contributed by atoms with Gasteiger partial charge in [-0.15, -0.1) is 0 Å². The molecule has 2 aromatic rings. The first-order valence-corrected chi connectivity index (χ1v) is 9.10. The molecular weight excluding hydrogens is 468 g/mol. The monoisotopic (exact) mass is 482 g/mol. The third-order valence-corrected chi connectivity index (χ3v) is 4.58. The fourth-order valence-electron chi connectivity index (χ4n) is 2.22. The molecule has 2 rings (SSSR count). The summed E-state index contributed by atoms with van der Waals surface area (Å²) in [6, 6.07) is 12.6. The summed E-state index contributed by atoms with van der Waals surface area (Å²) < 4.78 is 1.41. The number of carbonyl (C=O) groups is 3. The van der Waals surface area contributed by atoms with E-state index < -0.39 is 23.9 Å². The van der Waals surface area contributed by atoms with Crippen LogP contribution in [-0.4, -0.2) is 17.8 Å². The lowest BCUT2D eigenvalue weighted by Gasteiger charge is -2.18. The first-order valence-electron chi connectivity index (χ1n) is 7.52. The van der Waals surface area contributed by atoms with Gasteiger partial charge in [-0.2, -0.15) is 0 Å². The molecule has 9 heteroatoms. The number of nitrogens with one attached hydrogen (secondary N) is 3. The minimum absolute atomic E-state index is 0.102. The van der Waals surface area contributed by atoms with E-state index in [1.807, 2.05) is 6.07 Å². The molecule has 0 spiro atoms. The molecule has 0 heterocycles. The summed E-state index contributed by atoms with van der Waals surface area (Å²) in [5, 5.41) is 2.52. The molecule has 2 aromatic carbocycles. The largest absolute Gasteiger partial charge is 0.352 e. The molecule has 0 unspecified atom stereocenters. The predicted molar refractivity (Wildman–Crippen MR) is 104 cm³/mol. The average Bonchev–Trinajstić information content (AvgIpc) is 2.59. The second-order valence-corrected chi connectivity index (χ2v) is 7.07. The van der Waals surface area contributed by atoms with Crippen molar-refractivity contribution in [3.63, 3.8) is 0 Å². The Morgan fingerprint density at radius 3 is 2.38 bits per heavy atom. The van der Waals surface area contributed by atoms with Gasteiger partial charge < -0.3 is 11.1 Å². The van der Waals surface area contributed by atoms with Crippen LogP contribution in [0, 0.1) is 0 Å². The molecular formula is C17H16Br2N4O3. The van der Waals surface area contributed by atoms with Crippen LogP contribution in [0.3, 0.4) is 0 Å². The molecule has 0 bridgehead atoms. The zero-order valence-corrected chi connectivity index (χ0v) is 16.6. The number of urea groups is 1. The molecule has 0 fully saturated rings. The quantitative estimate of drug-likeness (QED) is 0.490. The zero-order chi connectivity index (χ0) is 19.1. The lowest BCUT2D eigenvalue weighted by Crippen LogP contribution is -2.44. The molecule has 1 atom stereocenters. The number of primary amides is 1. The van der Waals surface area contributed by atoms with Crippen molar-refractivity contribution in [3.05, 3.63) is 68.6 Å². The van der Waals surface area contributed by atoms with Crippen molar-refractivity contribution in [1.29, 1.82) is 0 Å². The third kappa shape index (κ3) is 5.85. The number of carbonyl (C=O) groups excluding carboxylic acids is 3. The van der Waals surface area contributed by atoms with E-state index in [1.165, 1.54) is 0 Å². The normalized spacial score (nSPS) is 11.3. The van der Waals surface area contributed by atoms with Crippen LogP contribution in [0.15, 0.2) is 57.5 Å². The Bertz CT molecular complexity index is 829. The van der Waals surface area contributed by atoms with Gasteiger partial charge in [0.05, 0.1) is 18.0 Å². The van der Waals surface area contributed by atoms with Gasteiger partial charge in [-0.1, -0.05) is 40.2 Å². The Morgan fingerprint density at radius 1 is 1.00 bits per heavy atom. The van der Waals surface area contributed by atoms with E-state index in [2.05, 4.69) is 48.0 Å². The fraction of sp³-hybridized carbons (Fsp3) is 0.118. The van der Waals surface area contributed by atoms with Gasteiger partial charge in [0.25, 0.3) is 5.91 Å². The topological polar surface area (TPSA) is 113 Å². The second kappa shape index (κ2) is 9.35. The summed E-state index contributed by atoms with van der Waals surface area (Å²) in [6.07, 6.45) is -0.102. The molecule has 136 valence electrons. The lowest BCUT2D eigenvalue weighted by molar-refractivity contribution is -0.122. The molecule has 0 aliphatic heterocycles. The molecule has 0 radical (unpaired) electrons. The SMILES string of the molecule is NC(=O)N[C@@H](CC(=O)NNC(=O)c1ccccc1Br)c1cccc(Br)c1. The van der Waals surface area contributed by atoms with Crippen LogP contribution < -0.4 is 21.9 Å². The van der Waals surface area contributed by atoms with Crippen molar-refractivity contribution in [2.24, 2.45) is 5.73 Å². The van der Waals surface area contributed by atoms with Crippen molar-refractivity contribution < 1.29 is 14.4 Å². The molecule has 0 aromatic heterocycles. The highest BCUT2D eigenvalue weighted by Gasteiger charge is 2.18. The van der Waals surface area contributed by atoms with Crippen LogP contribution in [0.2, 0.25) is 0 Å². The highest BCUT2D eigenvalue weighted by molar-refractivity contribution is 9.10. The Hall–Kier alpha value is -2.39. The maximum Gasteiger partial charge on any atom is 0.312 e. The number of hydrogen-bond donors (Lipinski definition) is 4. The first kappa shape index (κ1) is 19.9. The summed E-state index contributed by atoms with van der Waals surface area (Å²) in [6.45, 7) is 0. The third-order valence-electron chi connectivity index (χ3n) is 3.39. The van der Waals surface area contributed by atoms with Crippen molar-refractivity contribution in [3.8, 4) is 0 Å². The smallest absolute Gasteiger partial charge is 0.312 e. The molecule has 0 saturated carbocycles. The van der Waals surface area contributed by atoms with E-state index in [1.54, 1.807) is 42.5 Å². The van der Waals surface area contributed by atoms with E-state index in [4.69, 9.17) is 5.73 Å².